The summed E-state index contributed by atoms with van der Waals surface area (Å²) < 4.78 is 1.91. The predicted octanol–water partition coefficient (Wildman–Crippen LogP) is 6.37. The highest BCUT2D eigenvalue weighted by molar-refractivity contribution is 14.1. The van der Waals surface area contributed by atoms with Crippen LogP contribution in [0.25, 0.3) is 10.1 Å². The number of thiophene rings is 1. The molecule has 0 N–H and O–H groups in total. The second-order valence-corrected chi connectivity index (χ2v) is 10.4. The van der Waals surface area contributed by atoms with Gasteiger partial charge in [0.1, 0.15) is 11.5 Å². The number of aryl methyl sites for hydroxylation is 1. The van der Waals surface area contributed by atoms with Crippen LogP contribution in [0.4, 0.5) is 5.69 Å². The minimum absolute atomic E-state index is 0.213. The molecular weight excluding hydrogens is 571 g/mol. The molecule has 5 nitrogen and oxygen atoms in total. The number of halogens is 2. The van der Waals surface area contributed by atoms with Crippen molar-refractivity contribution in [2.75, 3.05) is 11.6 Å². The first kappa shape index (κ1) is 22.1. The van der Waals surface area contributed by atoms with Crippen LogP contribution < -0.4 is 4.90 Å². The number of amides is 3. The molecular formula is C25H16ClIN2O3S. The number of hydrogen-bond acceptors (Lipinski definition) is 4. The monoisotopic (exact) mass is 586 g/mol. The van der Waals surface area contributed by atoms with E-state index in [9.17, 15) is 14.4 Å². The van der Waals surface area contributed by atoms with Gasteiger partial charge in [0.2, 0.25) is 0 Å². The van der Waals surface area contributed by atoms with Crippen molar-refractivity contribution in [2.24, 2.45) is 0 Å². The summed E-state index contributed by atoms with van der Waals surface area (Å²) in [4.78, 5) is 42.6. The molecule has 3 amide bonds. The van der Waals surface area contributed by atoms with Crippen LogP contribution in [0.2, 0.25) is 5.02 Å². The normalized spacial score (nSPS) is 13.0. The average Bonchev–Trinajstić information content (AvgIpc) is 3.26. The molecule has 0 aliphatic carbocycles. The van der Waals surface area contributed by atoms with Gasteiger partial charge in [-0.15, -0.1) is 11.3 Å². The van der Waals surface area contributed by atoms with E-state index < -0.39 is 11.8 Å². The lowest BCUT2D eigenvalue weighted by Crippen LogP contribution is -2.44. The van der Waals surface area contributed by atoms with E-state index in [0.717, 1.165) is 24.1 Å². The van der Waals surface area contributed by atoms with E-state index in [1.165, 1.54) is 16.2 Å². The van der Waals surface area contributed by atoms with Crippen molar-refractivity contribution >= 4 is 79.0 Å². The molecule has 0 unspecified atom stereocenters. The van der Waals surface area contributed by atoms with Crippen molar-refractivity contribution in [3.63, 3.8) is 0 Å². The molecule has 1 aliphatic rings. The second-order valence-electron chi connectivity index (χ2n) is 7.68. The first-order valence-corrected chi connectivity index (χ1v) is 12.3. The Morgan fingerprint density at radius 2 is 1.64 bits per heavy atom. The van der Waals surface area contributed by atoms with E-state index in [1.807, 2.05) is 37.3 Å². The Hall–Kier alpha value is -2.75. The molecule has 0 saturated carbocycles. The third-order valence-electron chi connectivity index (χ3n) is 5.52. The van der Waals surface area contributed by atoms with Gasteiger partial charge in [-0.25, -0.2) is 0 Å². The highest BCUT2D eigenvalue weighted by Gasteiger charge is 2.38. The first-order chi connectivity index (χ1) is 15.8. The molecule has 1 aromatic heterocycles. The van der Waals surface area contributed by atoms with Crippen molar-refractivity contribution in [2.45, 2.75) is 6.92 Å². The number of carbonyl (C=O) groups is 3. The van der Waals surface area contributed by atoms with Crippen molar-refractivity contribution in [1.82, 2.24) is 4.90 Å². The Kier molecular flexibility index (Phi) is 5.72. The summed E-state index contributed by atoms with van der Waals surface area (Å²) in [6.07, 6.45) is 0. The molecule has 0 radical (unpaired) electrons. The molecule has 8 heteroatoms. The van der Waals surface area contributed by atoms with E-state index in [2.05, 4.69) is 22.6 Å². The molecule has 164 valence electrons. The largest absolute Gasteiger partial charge is 0.289 e. The molecule has 4 aromatic rings. The van der Waals surface area contributed by atoms with Gasteiger partial charge in [0.25, 0.3) is 17.7 Å². The summed E-state index contributed by atoms with van der Waals surface area (Å²) in [7, 11) is 0. The van der Waals surface area contributed by atoms with E-state index in [0.29, 0.717) is 26.7 Å². The fourth-order valence-electron chi connectivity index (χ4n) is 3.83. The number of anilines is 1. The van der Waals surface area contributed by atoms with Crippen molar-refractivity contribution in [3.05, 3.63) is 96.9 Å². The number of fused-ring (bicyclic) bond motifs is 2. The fourth-order valence-corrected chi connectivity index (χ4v) is 5.74. The zero-order chi connectivity index (χ0) is 23.3. The Labute approximate surface area is 212 Å². The Morgan fingerprint density at radius 1 is 1.00 bits per heavy atom. The van der Waals surface area contributed by atoms with Crippen LogP contribution in [-0.2, 0) is 0 Å². The van der Waals surface area contributed by atoms with Gasteiger partial charge < -0.3 is 0 Å². The number of benzene rings is 3. The van der Waals surface area contributed by atoms with Crippen molar-refractivity contribution in [1.29, 1.82) is 0 Å². The van der Waals surface area contributed by atoms with Crippen LogP contribution in [-0.4, -0.2) is 29.3 Å². The lowest BCUT2D eigenvalue weighted by molar-refractivity contribution is 0.0650. The van der Waals surface area contributed by atoms with Crippen LogP contribution in [0, 0.1) is 10.5 Å². The molecule has 3 aromatic carbocycles. The summed E-state index contributed by atoms with van der Waals surface area (Å²) in [5.74, 6) is -1.20. The van der Waals surface area contributed by atoms with E-state index >= 15 is 0 Å². The molecule has 5 rings (SSSR count). The summed E-state index contributed by atoms with van der Waals surface area (Å²) >= 11 is 10.1. The number of carbonyl (C=O) groups excluding carboxylic acids is 3. The minimum Gasteiger partial charge on any atom is -0.289 e. The van der Waals surface area contributed by atoms with Gasteiger partial charge in [0.15, 0.2) is 0 Å². The van der Waals surface area contributed by atoms with Gasteiger partial charge in [0, 0.05) is 19.3 Å². The van der Waals surface area contributed by atoms with Crippen molar-refractivity contribution in [3.8, 4) is 0 Å². The highest BCUT2D eigenvalue weighted by atomic mass is 127. The molecule has 0 atom stereocenters. The summed E-state index contributed by atoms with van der Waals surface area (Å²) in [6.45, 7) is 1.77. The van der Waals surface area contributed by atoms with Crippen molar-refractivity contribution < 1.29 is 14.4 Å². The van der Waals surface area contributed by atoms with Gasteiger partial charge in [-0.05, 0) is 77.5 Å². The van der Waals surface area contributed by atoms with Crippen LogP contribution >= 0.6 is 45.5 Å². The lowest BCUT2D eigenvalue weighted by Gasteiger charge is -2.27. The zero-order valence-electron chi connectivity index (χ0n) is 17.3. The number of hydrogen-bond donors (Lipinski definition) is 0. The summed E-state index contributed by atoms with van der Waals surface area (Å²) in [5.41, 5.74) is 2.32. The fraction of sp³-hybridized carbons (Fsp3) is 0.0800. The number of rotatable bonds is 4. The Balaban J connectivity index is 1.57. The minimum atomic E-state index is -0.419. The van der Waals surface area contributed by atoms with E-state index in [4.69, 9.17) is 11.6 Å². The van der Waals surface area contributed by atoms with Crippen LogP contribution in [0.3, 0.4) is 0 Å². The Morgan fingerprint density at radius 3 is 2.27 bits per heavy atom. The van der Waals surface area contributed by atoms with Crippen LogP contribution in [0.5, 0.6) is 0 Å². The lowest BCUT2D eigenvalue weighted by atomic mass is 10.1. The predicted molar refractivity (Wildman–Crippen MR) is 139 cm³/mol. The maximum atomic E-state index is 13.8. The third-order valence-corrected chi connectivity index (χ3v) is 7.89. The molecule has 2 heterocycles. The third kappa shape index (κ3) is 3.84. The van der Waals surface area contributed by atoms with Gasteiger partial charge in [-0.2, -0.15) is 0 Å². The standard InChI is InChI=1S/C25H16ClIN2O3S/c1-14-6-11-19-20(12-14)33-22(21(19)26)25(32)28(16-9-7-15(27)8-10-16)13-29-23(30)17-4-2-3-5-18(17)24(29)31/h2-12H,13H2,1H3. The van der Waals surface area contributed by atoms with E-state index in [1.54, 1.807) is 36.4 Å². The maximum absolute atomic E-state index is 13.8. The topological polar surface area (TPSA) is 57.7 Å². The van der Waals surface area contributed by atoms with Gasteiger partial charge in [0.05, 0.1) is 16.1 Å². The molecule has 0 fully saturated rings. The average molecular weight is 587 g/mol. The maximum Gasteiger partial charge on any atom is 0.271 e. The number of nitrogens with zero attached hydrogens (tertiary/aromatic N) is 2. The van der Waals surface area contributed by atoms with Crippen LogP contribution in [0.15, 0.2) is 66.7 Å². The smallest absolute Gasteiger partial charge is 0.271 e. The van der Waals surface area contributed by atoms with E-state index in [-0.39, 0.29) is 12.6 Å². The number of imide groups is 1. The highest BCUT2D eigenvalue weighted by Crippen LogP contribution is 2.37. The zero-order valence-corrected chi connectivity index (χ0v) is 21.1. The van der Waals surface area contributed by atoms with Gasteiger partial charge in [-0.1, -0.05) is 35.9 Å². The first-order valence-electron chi connectivity index (χ1n) is 10.1. The summed E-state index contributed by atoms with van der Waals surface area (Å²) in [5, 5.41) is 1.18. The SMILES string of the molecule is Cc1ccc2c(Cl)c(C(=O)N(CN3C(=O)c4ccccc4C3=O)c3ccc(I)cc3)sc2c1. The molecule has 0 bridgehead atoms. The second kappa shape index (κ2) is 8.55. The van der Waals surface area contributed by atoms with Gasteiger partial charge >= 0.3 is 0 Å². The Bertz CT molecular complexity index is 1410. The van der Waals surface area contributed by atoms with Crippen LogP contribution in [0.1, 0.15) is 36.0 Å². The van der Waals surface area contributed by atoms with Gasteiger partial charge in [-0.3, -0.25) is 24.2 Å². The molecule has 0 saturated heterocycles. The molecule has 0 spiro atoms. The quantitative estimate of drug-likeness (QED) is 0.206. The molecule has 33 heavy (non-hydrogen) atoms. The molecule has 1 aliphatic heterocycles. The summed E-state index contributed by atoms with van der Waals surface area (Å²) in [6, 6.07) is 19.8.